The van der Waals surface area contributed by atoms with Gasteiger partial charge in [-0.25, -0.2) is 0 Å². The van der Waals surface area contributed by atoms with E-state index in [1.807, 2.05) is 12.1 Å². The fraction of sp³-hybridized carbons (Fsp3) is 0.600. The Hall–Kier alpha value is -1.22. The molecule has 2 aliphatic rings. The number of hydrogen-bond acceptors (Lipinski definition) is 3. The molecule has 1 aromatic carbocycles. The summed E-state index contributed by atoms with van der Waals surface area (Å²) in [5.74, 6) is 0. The molecule has 0 amide bonds. The van der Waals surface area contributed by atoms with Crippen LogP contribution < -0.4 is 10.6 Å². The summed E-state index contributed by atoms with van der Waals surface area (Å²) in [7, 11) is 2.19. The Morgan fingerprint density at radius 2 is 2.00 bits per heavy atom. The number of nitrogen functional groups attached to an aromatic ring is 1. The summed E-state index contributed by atoms with van der Waals surface area (Å²) in [4.78, 5) is 2.39. The minimum Gasteiger partial charge on any atom is -0.399 e. The molecule has 1 saturated heterocycles. The van der Waals surface area contributed by atoms with E-state index in [1.165, 1.54) is 31.4 Å². The zero-order chi connectivity index (χ0) is 12.6. The van der Waals surface area contributed by atoms with Crippen LogP contribution in [0.15, 0.2) is 24.3 Å². The maximum absolute atomic E-state index is 5.99. The van der Waals surface area contributed by atoms with Gasteiger partial charge < -0.3 is 15.4 Å². The second kappa shape index (κ2) is 4.47. The molecular weight excluding hydrogens is 224 g/mol. The van der Waals surface area contributed by atoms with E-state index in [1.54, 1.807) is 0 Å². The molecular formula is C15H22N2O. The molecule has 18 heavy (non-hydrogen) atoms. The molecule has 3 rings (SSSR count). The zero-order valence-electron chi connectivity index (χ0n) is 11.1. The van der Waals surface area contributed by atoms with Gasteiger partial charge in [0.1, 0.15) is 0 Å². The molecule has 0 bridgehead atoms. The summed E-state index contributed by atoms with van der Waals surface area (Å²) in [6.07, 6.45) is 6.13. The molecule has 2 N–H and O–H groups in total. The summed E-state index contributed by atoms with van der Waals surface area (Å²) in [6, 6.07) is 8.77. The summed E-state index contributed by atoms with van der Waals surface area (Å²) >= 11 is 0. The Morgan fingerprint density at radius 3 is 2.61 bits per heavy atom. The minimum atomic E-state index is 0.213. The lowest BCUT2D eigenvalue weighted by Gasteiger charge is -2.49. The molecule has 98 valence electrons. The number of rotatable bonds is 2. The summed E-state index contributed by atoms with van der Waals surface area (Å²) in [6.45, 7) is 0.907. The molecule has 3 heteroatoms. The highest BCUT2D eigenvalue weighted by molar-refractivity contribution is 5.53. The number of anilines is 2. The Balaban J connectivity index is 1.71. The largest absolute Gasteiger partial charge is 0.399 e. The zero-order valence-corrected chi connectivity index (χ0v) is 11.1. The lowest BCUT2D eigenvalue weighted by molar-refractivity contribution is -0.132. The SMILES string of the molecule is CN(c1ccc(N)cc1)C1CCOC2(CCC2)C1. The Morgan fingerprint density at radius 1 is 1.28 bits per heavy atom. The standard InChI is InChI=1S/C15H22N2O/c1-17(13-5-3-12(16)4-6-13)14-7-10-18-15(11-14)8-2-9-15/h3-6,14H,2,7-11,16H2,1H3. The van der Waals surface area contributed by atoms with Crippen LogP contribution in [0, 0.1) is 0 Å². The molecule has 1 atom stereocenters. The van der Waals surface area contributed by atoms with Crippen molar-refractivity contribution < 1.29 is 4.74 Å². The second-order valence-corrected chi connectivity index (χ2v) is 5.73. The van der Waals surface area contributed by atoms with Crippen LogP contribution in [0.5, 0.6) is 0 Å². The molecule has 1 unspecified atom stereocenters. The molecule has 1 aromatic rings. The van der Waals surface area contributed by atoms with Gasteiger partial charge in [0.15, 0.2) is 0 Å². The highest BCUT2D eigenvalue weighted by Gasteiger charge is 2.43. The highest BCUT2D eigenvalue weighted by Crippen LogP contribution is 2.43. The third-order valence-electron chi connectivity index (χ3n) is 4.58. The van der Waals surface area contributed by atoms with Crippen LogP contribution in [0.2, 0.25) is 0 Å². The number of benzene rings is 1. The van der Waals surface area contributed by atoms with E-state index in [-0.39, 0.29) is 5.60 Å². The number of hydrogen-bond donors (Lipinski definition) is 1. The van der Waals surface area contributed by atoms with Gasteiger partial charge in [0.25, 0.3) is 0 Å². The van der Waals surface area contributed by atoms with Gasteiger partial charge in [-0.1, -0.05) is 0 Å². The quantitative estimate of drug-likeness (QED) is 0.815. The average molecular weight is 246 g/mol. The molecule has 1 saturated carbocycles. The van der Waals surface area contributed by atoms with Crippen LogP contribution in [0.3, 0.4) is 0 Å². The van der Waals surface area contributed by atoms with E-state index in [4.69, 9.17) is 10.5 Å². The summed E-state index contributed by atoms with van der Waals surface area (Å²) in [5, 5.41) is 0. The van der Waals surface area contributed by atoms with Crippen molar-refractivity contribution >= 4 is 11.4 Å². The number of nitrogens with zero attached hydrogens (tertiary/aromatic N) is 1. The summed E-state index contributed by atoms with van der Waals surface area (Å²) < 4.78 is 5.99. The van der Waals surface area contributed by atoms with Gasteiger partial charge in [-0.2, -0.15) is 0 Å². The predicted molar refractivity (Wildman–Crippen MR) is 74.8 cm³/mol. The first-order valence-electron chi connectivity index (χ1n) is 6.91. The van der Waals surface area contributed by atoms with Crippen molar-refractivity contribution in [3.63, 3.8) is 0 Å². The van der Waals surface area contributed by atoms with Crippen molar-refractivity contribution in [3.05, 3.63) is 24.3 Å². The van der Waals surface area contributed by atoms with Crippen LogP contribution in [-0.4, -0.2) is 25.3 Å². The van der Waals surface area contributed by atoms with E-state index in [9.17, 15) is 0 Å². The van der Waals surface area contributed by atoms with Crippen LogP contribution in [0.25, 0.3) is 0 Å². The Kier molecular flexibility index (Phi) is 2.94. The molecule has 1 spiro atoms. The van der Waals surface area contributed by atoms with Crippen molar-refractivity contribution in [2.24, 2.45) is 0 Å². The van der Waals surface area contributed by atoms with Crippen LogP contribution in [0.1, 0.15) is 32.1 Å². The van der Waals surface area contributed by atoms with Gasteiger partial charge in [0.05, 0.1) is 5.60 Å². The number of nitrogens with two attached hydrogens (primary N) is 1. The maximum Gasteiger partial charge on any atom is 0.0702 e. The van der Waals surface area contributed by atoms with Crippen molar-refractivity contribution in [3.8, 4) is 0 Å². The molecule has 1 heterocycles. The average Bonchev–Trinajstić information content (AvgIpc) is 2.37. The molecule has 2 fully saturated rings. The fourth-order valence-corrected chi connectivity index (χ4v) is 3.17. The minimum absolute atomic E-state index is 0.213. The van der Waals surface area contributed by atoms with Gasteiger partial charge >= 0.3 is 0 Å². The molecule has 1 aliphatic heterocycles. The first-order valence-corrected chi connectivity index (χ1v) is 6.91. The third-order valence-corrected chi connectivity index (χ3v) is 4.58. The van der Waals surface area contributed by atoms with E-state index < -0.39 is 0 Å². The molecule has 3 nitrogen and oxygen atoms in total. The lowest BCUT2D eigenvalue weighted by Crippen LogP contribution is -2.51. The van der Waals surface area contributed by atoms with Gasteiger partial charge in [-0.15, -0.1) is 0 Å². The molecule has 1 aliphatic carbocycles. The Labute approximate surface area is 109 Å². The summed E-state index contributed by atoms with van der Waals surface area (Å²) in [5.41, 5.74) is 8.04. The van der Waals surface area contributed by atoms with Gasteiger partial charge in [-0.3, -0.25) is 0 Å². The van der Waals surface area contributed by atoms with Crippen molar-refractivity contribution in [2.45, 2.75) is 43.7 Å². The Bertz CT molecular complexity index is 411. The van der Waals surface area contributed by atoms with Crippen molar-refractivity contribution in [1.29, 1.82) is 0 Å². The van der Waals surface area contributed by atoms with Crippen molar-refractivity contribution in [2.75, 3.05) is 24.3 Å². The van der Waals surface area contributed by atoms with Crippen molar-refractivity contribution in [1.82, 2.24) is 0 Å². The fourth-order valence-electron chi connectivity index (χ4n) is 3.17. The highest BCUT2D eigenvalue weighted by atomic mass is 16.5. The first kappa shape index (κ1) is 11.8. The molecule has 0 aromatic heterocycles. The maximum atomic E-state index is 5.99. The van der Waals surface area contributed by atoms with E-state index >= 15 is 0 Å². The lowest BCUT2D eigenvalue weighted by atomic mass is 9.73. The van der Waals surface area contributed by atoms with Gasteiger partial charge in [-0.05, 0) is 56.4 Å². The van der Waals surface area contributed by atoms with Crippen LogP contribution in [-0.2, 0) is 4.74 Å². The second-order valence-electron chi connectivity index (χ2n) is 5.73. The van der Waals surface area contributed by atoms with Crippen LogP contribution >= 0.6 is 0 Å². The van der Waals surface area contributed by atoms with E-state index in [2.05, 4.69) is 24.1 Å². The number of ether oxygens (including phenoxy) is 1. The third kappa shape index (κ3) is 2.07. The normalized spacial score (nSPS) is 25.7. The topological polar surface area (TPSA) is 38.5 Å². The van der Waals surface area contributed by atoms with Crippen LogP contribution in [0.4, 0.5) is 11.4 Å². The predicted octanol–water partition coefficient (Wildman–Crippen LogP) is 2.81. The van der Waals surface area contributed by atoms with Gasteiger partial charge in [0, 0.05) is 31.1 Å². The monoisotopic (exact) mass is 246 g/mol. The first-order chi connectivity index (χ1) is 8.69. The smallest absolute Gasteiger partial charge is 0.0702 e. The van der Waals surface area contributed by atoms with Gasteiger partial charge in [0.2, 0.25) is 0 Å². The van der Waals surface area contributed by atoms with E-state index in [0.29, 0.717) is 6.04 Å². The molecule has 0 radical (unpaired) electrons. The van der Waals surface area contributed by atoms with E-state index in [0.717, 1.165) is 18.7 Å².